The zero-order chi connectivity index (χ0) is 13.8. The van der Waals surface area contributed by atoms with Crippen LogP contribution in [0.4, 0.5) is 5.69 Å². The zero-order valence-electron chi connectivity index (χ0n) is 11.7. The van der Waals surface area contributed by atoms with Gasteiger partial charge >= 0.3 is 0 Å². The van der Waals surface area contributed by atoms with Crippen molar-refractivity contribution >= 4 is 5.69 Å². The molecule has 100 valence electrons. The van der Waals surface area contributed by atoms with E-state index < -0.39 is 0 Å². The first-order valence-corrected chi connectivity index (χ1v) is 6.54. The summed E-state index contributed by atoms with van der Waals surface area (Å²) in [6, 6.07) is 8.14. The highest BCUT2D eigenvalue weighted by Gasteiger charge is 2.07. The van der Waals surface area contributed by atoms with Gasteiger partial charge in [0.15, 0.2) is 0 Å². The maximum atomic E-state index is 6.00. The number of aromatic nitrogens is 1. The van der Waals surface area contributed by atoms with Gasteiger partial charge in [0.2, 0.25) is 0 Å². The van der Waals surface area contributed by atoms with Gasteiger partial charge in [0.05, 0.1) is 5.69 Å². The number of benzene rings is 1. The number of pyridine rings is 1. The highest BCUT2D eigenvalue weighted by atomic mass is 16.5. The second-order valence-corrected chi connectivity index (χ2v) is 4.72. The molecule has 0 aliphatic heterocycles. The molecule has 0 bridgehead atoms. The lowest BCUT2D eigenvalue weighted by atomic mass is 10.1. The molecular formula is C16H20N2O. The van der Waals surface area contributed by atoms with Crippen molar-refractivity contribution < 1.29 is 4.74 Å². The molecule has 0 saturated heterocycles. The van der Waals surface area contributed by atoms with E-state index in [0.717, 1.165) is 34.7 Å². The quantitative estimate of drug-likeness (QED) is 0.911. The predicted octanol–water partition coefficient (Wildman–Crippen LogP) is 3.42. The molecule has 2 aromatic rings. The number of hydrogen-bond donors (Lipinski definition) is 1. The molecule has 0 fully saturated rings. The van der Waals surface area contributed by atoms with Gasteiger partial charge in [0.25, 0.3) is 0 Å². The Hall–Kier alpha value is -2.03. The van der Waals surface area contributed by atoms with E-state index in [1.54, 1.807) is 6.20 Å². The van der Waals surface area contributed by atoms with Crippen LogP contribution >= 0.6 is 0 Å². The Morgan fingerprint density at radius 2 is 2.05 bits per heavy atom. The summed E-state index contributed by atoms with van der Waals surface area (Å²) in [5.41, 5.74) is 11.0. The third-order valence-corrected chi connectivity index (χ3v) is 3.36. The Balaban J connectivity index is 2.12. The van der Waals surface area contributed by atoms with E-state index in [-0.39, 0.29) is 0 Å². The highest BCUT2D eigenvalue weighted by molar-refractivity contribution is 5.53. The third kappa shape index (κ3) is 3.05. The summed E-state index contributed by atoms with van der Waals surface area (Å²) >= 11 is 0. The maximum Gasteiger partial charge on any atom is 0.131 e. The number of rotatable bonds is 4. The number of nitrogen functional groups attached to an aromatic ring is 1. The van der Waals surface area contributed by atoms with Crippen LogP contribution < -0.4 is 10.5 Å². The fraction of sp³-hybridized carbons (Fsp3) is 0.312. The van der Waals surface area contributed by atoms with Gasteiger partial charge in [-0.25, -0.2) is 0 Å². The van der Waals surface area contributed by atoms with Gasteiger partial charge in [-0.3, -0.25) is 4.98 Å². The van der Waals surface area contributed by atoms with Crippen molar-refractivity contribution in [2.75, 3.05) is 5.73 Å². The SMILES string of the molecule is CCc1cccc(OCc2ncc(C)c(N)c2C)c1. The molecule has 3 heteroatoms. The first kappa shape index (κ1) is 13.4. The molecular weight excluding hydrogens is 236 g/mol. The van der Waals surface area contributed by atoms with Gasteiger partial charge < -0.3 is 10.5 Å². The number of nitrogens with two attached hydrogens (primary N) is 1. The maximum absolute atomic E-state index is 6.00. The summed E-state index contributed by atoms with van der Waals surface area (Å²) in [4.78, 5) is 4.39. The average Bonchev–Trinajstić information content (AvgIpc) is 2.44. The summed E-state index contributed by atoms with van der Waals surface area (Å²) in [7, 11) is 0. The van der Waals surface area contributed by atoms with E-state index >= 15 is 0 Å². The standard InChI is InChI=1S/C16H20N2O/c1-4-13-6-5-7-14(8-13)19-10-15-12(3)16(17)11(2)9-18-15/h5-9H,4,10H2,1-3H3,(H2,17,18). The fourth-order valence-electron chi connectivity index (χ4n) is 1.94. The molecule has 3 nitrogen and oxygen atoms in total. The fourth-order valence-corrected chi connectivity index (χ4v) is 1.94. The molecule has 2 N–H and O–H groups in total. The molecule has 0 spiro atoms. The lowest BCUT2D eigenvalue weighted by molar-refractivity contribution is 0.300. The molecule has 1 aromatic carbocycles. The van der Waals surface area contributed by atoms with Crippen LogP contribution in [-0.2, 0) is 13.0 Å². The molecule has 0 saturated carbocycles. The van der Waals surface area contributed by atoms with Crippen molar-refractivity contribution in [3.63, 3.8) is 0 Å². The zero-order valence-corrected chi connectivity index (χ0v) is 11.7. The van der Waals surface area contributed by atoms with Crippen molar-refractivity contribution in [2.24, 2.45) is 0 Å². The summed E-state index contributed by atoms with van der Waals surface area (Å²) in [5, 5.41) is 0. The largest absolute Gasteiger partial charge is 0.487 e. The van der Waals surface area contributed by atoms with Crippen molar-refractivity contribution in [1.29, 1.82) is 0 Å². The smallest absolute Gasteiger partial charge is 0.131 e. The number of aryl methyl sites for hydroxylation is 2. The second kappa shape index (κ2) is 5.74. The van der Waals surface area contributed by atoms with Crippen LogP contribution in [0.15, 0.2) is 30.5 Å². The van der Waals surface area contributed by atoms with E-state index in [1.165, 1.54) is 5.56 Å². The predicted molar refractivity (Wildman–Crippen MR) is 78.3 cm³/mol. The molecule has 0 aliphatic carbocycles. The Bertz CT molecular complexity index is 579. The number of ether oxygens (including phenoxy) is 1. The van der Waals surface area contributed by atoms with Crippen molar-refractivity contribution in [2.45, 2.75) is 33.8 Å². The van der Waals surface area contributed by atoms with E-state index in [1.807, 2.05) is 26.0 Å². The monoisotopic (exact) mass is 256 g/mol. The van der Waals surface area contributed by atoms with Crippen LogP contribution in [0.1, 0.15) is 29.3 Å². The summed E-state index contributed by atoms with van der Waals surface area (Å²) < 4.78 is 5.79. The van der Waals surface area contributed by atoms with Gasteiger partial charge in [-0.2, -0.15) is 0 Å². The van der Waals surface area contributed by atoms with Crippen LogP contribution in [-0.4, -0.2) is 4.98 Å². The summed E-state index contributed by atoms with van der Waals surface area (Å²) in [6.45, 7) is 6.52. The number of anilines is 1. The van der Waals surface area contributed by atoms with Gasteiger partial charge in [0.1, 0.15) is 12.4 Å². The Labute approximate surface area is 114 Å². The molecule has 0 atom stereocenters. The molecule has 0 radical (unpaired) electrons. The molecule has 0 amide bonds. The van der Waals surface area contributed by atoms with E-state index in [2.05, 4.69) is 24.0 Å². The van der Waals surface area contributed by atoms with E-state index in [9.17, 15) is 0 Å². The molecule has 0 unspecified atom stereocenters. The van der Waals surface area contributed by atoms with Crippen LogP contribution in [0.5, 0.6) is 5.75 Å². The summed E-state index contributed by atoms with van der Waals surface area (Å²) in [6.07, 6.45) is 2.80. The van der Waals surface area contributed by atoms with Crippen molar-refractivity contribution in [3.05, 3.63) is 52.8 Å². The molecule has 0 aliphatic rings. The average molecular weight is 256 g/mol. The molecule has 1 heterocycles. The first-order valence-electron chi connectivity index (χ1n) is 6.54. The third-order valence-electron chi connectivity index (χ3n) is 3.36. The van der Waals surface area contributed by atoms with Crippen LogP contribution in [0, 0.1) is 13.8 Å². The lowest BCUT2D eigenvalue weighted by Crippen LogP contribution is -2.05. The number of hydrogen-bond acceptors (Lipinski definition) is 3. The minimum absolute atomic E-state index is 0.448. The molecule has 19 heavy (non-hydrogen) atoms. The van der Waals surface area contributed by atoms with E-state index in [4.69, 9.17) is 10.5 Å². The van der Waals surface area contributed by atoms with Gasteiger partial charge in [-0.15, -0.1) is 0 Å². The van der Waals surface area contributed by atoms with Crippen molar-refractivity contribution in [3.8, 4) is 5.75 Å². The first-order chi connectivity index (χ1) is 9.11. The van der Waals surface area contributed by atoms with Crippen LogP contribution in [0.2, 0.25) is 0 Å². The van der Waals surface area contributed by atoms with Crippen LogP contribution in [0.3, 0.4) is 0 Å². The van der Waals surface area contributed by atoms with Gasteiger partial charge in [-0.05, 0) is 49.1 Å². The Morgan fingerprint density at radius 3 is 2.79 bits per heavy atom. The number of nitrogens with zero attached hydrogens (tertiary/aromatic N) is 1. The minimum atomic E-state index is 0.448. The second-order valence-electron chi connectivity index (χ2n) is 4.72. The van der Waals surface area contributed by atoms with E-state index in [0.29, 0.717) is 6.61 Å². The van der Waals surface area contributed by atoms with Crippen LogP contribution in [0.25, 0.3) is 0 Å². The van der Waals surface area contributed by atoms with Gasteiger partial charge in [0, 0.05) is 11.9 Å². The molecule has 2 rings (SSSR count). The Morgan fingerprint density at radius 1 is 1.26 bits per heavy atom. The lowest BCUT2D eigenvalue weighted by Gasteiger charge is -2.11. The molecule has 1 aromatic heterocycles. The topological polar surface area (TPSA) is 48.1 Å². The van der Waals surface area contributed by atoms with Crippen molar-refractivity contribution in [1.82, 2.24) is 4.98 Å². The van der Waals surface area contributed by atoms with Gasteiger partial charge in [-0.1, -0.05) is 19.1 Å². The Kier molecular flexibility index (Phi) is 4.05. The summed E-state index contributed by atoms with van der Waals surface area (Å²) in [5.74, 6) is 0.875. The minimum Gasteiger partial charge on any atom is -0.487 e. The highest BCUT2D eigenvalue weighted by Crippen LogP contribution is 2.20. The normalized spacial score (nSPS) is 10.5.